The summed E-state index contributed by atoms with van der Waals surface area (Å²) in [7, 11) is 0. The molecule has 1 aliphatic rings. The minimum atomic E-state index is -3.89. The molecule has 1 saturated heterocycles. The van der Waals surface area contributed by atoms with E-state index in [4.69, 9.17) is 20.9 Å². The molecule has 66 valence electrons. The second-order valence-corrected chi connectivity index (χ2v) is 4.42. The van der Waals surface area contributed by atoms with Gasteiger partial charge in [-0.2, -0.15) is 5.06 Å². The van der Waals surface area contributed by atoms with Crippen LogP contribution in [0.15, 0.2) is 0 Å². The van der Waals surface area contributed by atoms with E-state index in [-0.39, 0.29) is 0 Å². The maximum Gasteiger partial charge on any atom is 0.438 e. The molecule has 1 N–H and O–H groups in total. The van der Waals surface area contributed by atoms with Crippen molar-refractivity contribution < 1.29 is 18.8 Å². The van der Waals surface area contributed by atoms with Crippen LogP contribution in [0.2, 0.25) is 0 Å². The second kappa shape index (κ2) is 3.85. The Balaban J connectivity index is 2.30. The van der Waals surface area contributed by atoms with E-state index in [9.17, 15) is 4.57 Å². The maximum atomic E-state index is 10.5. The van der Waals surface area contributed by atoms with Gasteiger partial charge < -0.3 is 9.63 Å². The number of nitrogens with zero attached hydrogens (tertiary/aromatic N) is 1. The van der Waals surface area contributed by atoms with Gasteiger partial charge in [0, 0.05) is 24.3 Å². The molecule has 1 atom stereocenters. The third-order valence-electron chi connectivity index (χ3n) is 1.19. The number of hydroxylamine groups is 2. The number of ether oxygens (including phenoxy) is 1. The predicted molar refractivity (Wildman–Crippen MR) is 39.2 cm³/mol. The fraction of sp³-hybridized carbons (Fsp3) is 1.00. The second-order valence-electron chi connectivity index (χ2n) is 2.07. The molecule has 0 aliphatic carbocycles. The fourth-order valence-electron chi connectivity index (χ4n) is 0.771. The van der Waals surface area contributed by atoms with E-state index in [1.165, 1.54) is 5.06 Å². The first-order valence-corrected chi connectivity index (χ1v) is 5.61. The first kappa shape index (κ1) is 9.45. The molecule has 1 rings (SSSR count). The van der Waals surface area contributed by atoms with E-state index < -0.39 is 6.95 Å². The van der Waals surface area contributed by atoms with Crippen molar-refractivity contribution in [2.75, 3.05) is 26.3 Å². The number of hydrogen-bond donors (Lipinski definition) is 1. The van der Waals surface area contributed by atoms with Crippen LogP contribution in [0, 0.1) is 0 Å². The van der Waals surface area contributed by atoms with Crippen LogP contribution in [0.25, 0.3) is 0 Å². The summed E-state index contributed by atoms with van der Waals surface area (Å²) >= 11 is 4.97. The van der Waals surface area contributed by atoms with Gasteiger partial charge in [-0.05, 0) is 0 Å². The van der Waals surface area contributed by atoms with Crippen LogP contribution in [-0.4, -0.2) is 36.3 Å². The lowest BCUT2D eigenvalue weighted by Crippen LogP contribution is -2.35. The molecule has 7 heteroatoms. The van der Waals surface area contributed by atoms with Crippen molar-refractivity contribution in [2.24, 2.45) is 0 Å². The van der Waals surface area contributed by atoms with Crippen molar-refractivity contribution in [3.8, 4) is 0 Å². The molecule has 5 nitrogen and oxygen atoms in total. The quantitative estimate of drug-likeness (QED) is 0.663. The van der Waals surface area contributed by atoms with Crippen molar-refractivity contribution in [2.45, 2.75) is 0 Å². The zero-order valence-corrected chi connectivity index (χ0v) is 7.42. The molecule has 1 aliphatic heterocycles. The molecule has 0 spiro atoms. The van der Waals surface area contributed by atoms with Gasteiger partial charge in [0.15, 0.2) is 0 Å². The van der Waals surface area contributed by atoms with Gasteiger partial charge in [-0.1, -0.05) is 0 Å². The molecule has 11 heavy (non-hydrogen) atoms. The highest BCUT2D eigenvalue weighted by Gasteiger charge is 2.21. The molecule has 0 bridgehead atoms. The van der Waals surface area contributed by atoms with Crippen LogP contribution in [-0.2, 0) is 13.9 Å². The Morgan fingerprint density at radius 1 is 1.55 bits per heavy atom. The van der Waals surface area contributed by atoms with Gasteiger partial charge in [0.25, 0.3) is 0 Å². The summed E-state index contributed by atoms with van der Waals surface area (Å²) in [6.07, 6.45) is 0. The Labute approximate surface area is 69.1 Å². The van der Waals surface area contributed by atoms with Crippen LogP contribution in [0.5, 0.6) is 0 Å². The lowest BCUT2D eigenvalue weighted by atomic mass is 10.5. The summed E-state index contributed by atoms with van der Waals surface area (Å²) in [5.74, 6) is 0. The van der Waals surface area contributed by atoms with Crippen molar-refractivity contribution in [3.63, 3.8) is 0 Å². The van der Waals surface area contributed by atoms with Gasteiger partial charge in [-0.25, -0.2) is 9.19 Å². The van der Waals surface area contributed by atoms with Crippen LogP contribution in [0.4, 0.5) is 0 Å². The van der Waals surface area contributed by atoms with Crippen molar-refractivity contribution in [3.05, 3.63) is 0 Å². The Bertz CT molecular complexity index is 165. The molecule has 1 fully saturated rings. The SMILES string of the molecule is O=P(O)(Cl)ON1CCOCC1. The minimum Gasteiger partial charge on any atom is -0.379 e. The molecule has 0 aromatic heterocycles. The highest BCUT2D eigenvalue weighted by Crippen LogP contribution is 2.48. The van der Waals surface area contributed by atoms with E-state index in [0.717, 1.165) is 0 Å². The summed E-state index contributed by atoms with van der Waals surface area (Å²) < 4.78 is 20.0. The zero-order chi connectivity index (χ0) is 8.32. The van der Waals surface area contributed by atoms with E-state index in [0.29, 0.717) is 26.3 Å². The lowest BCUT2D eigenvalue weighted by Gasteiger charge is -2.25. The molecule has 1 unspecified atom stereocenters. The third kappa shape index (κ3) is 4.06. The normalized spacial score (nSPS) is 26.4. The van der Waals surface area contributed by atoms with Crippen LogP contribution < -0.4 is 0 Å². The summed E-state index contributed by atoms with van der Waals surface area (Å²) in [6, 6.07) is 0. The average Bonchev–Trinajstić information content (AvgIpc) is 1.85. The first-order chi connectivity index (χ1) is 5.08. The average molecular weight is 202 g/mol. The summed E-state index contributed by atoms with van der Waals surface area (Å²) in [5, 5.41) is 1.33. The van der Waals surface area contributed by atoms with Crippen LogP contribution in [0.1, 0.15) is 0 Å². The van der Waals surface area contributed by atoms with Gasteiger partial charge in [-0.3, -0.25) is 0 Å². The Morgan fingerprint density at radius 3 is 2.55 bits per heavy atom. The number of halogens is 1. The van der Waals surface area contributed by atoms with Gasteiger partial charge in [0.2, 0.25) is 0 Å². The number of rotatable bonds is 2. The summed E-state index contributed by atoms with van der Waals surface area (Å²) in [6.45, 7) is -1.96. The van der Waals surface area contributed by atoms with E-state index in [1.807, 2.05) is 0 Å². The maximum absolute atomic E-state index is 10.5. The van der Waals surface area contributed by atoms with Gasteiger partial charge in [0.1, 0.15) is 0 Å². The molecule has 0 aromatic carbocycles. The third-order valence-corrected chi connectivity index (χ3v) is 1.80. The Morgan fingerprint density at radius 2 is 2.09 bits per heavy atom. The molecule has 0 saturated carbocycles. The molecular weight excluding hydrogens is 192 g/mol. The summed E-state index contributed by atoms with van der Waals surface area (Å²) in [4.78, 5) is 8.59. The van der Waals surface area contributed by atoms with Crippen LogP contribution >= 0.6 is 18.2 Å². The highest BCUT2D eigenvalue weighted by molar-refractivity contribution is 7.80. The fourth-order valence-corrected chi connectivity index (χ4v) is 1.48. The minimum absolute atomic E-state index is 0.470. The smallest absolute Gasteiger partial charge is 0.379 e. The zero-order valence-electron chi connectivity index (χ0n) is 5.77. The lowest BCUT2D eigenvalue weighted by molar-refractivity contribution is -0.120. The van der Waals surface area contributed by atoms with Crippen molar-refractivity contribution >= 4 is 18.2 Å². The predicted octanol–water partition coefficient (Wildman–Crippen LogP) is 0.589. The van der Waals surface area contributed by atoms with Crippen molar-refractivity contribution in [1.29, 1.82) is 0 Å². The van der Waals surface area contributed by atoms with E-state index in [2.05, 4.69) is 4.62 Å². The molecular formula is C4H9ClNO4P. The summed E-state index contributed by atoms with van der Waals surface area (Å²) in [5.41, 5.74) is 0. The van der Waals surface area contributed by atoms with E-state index in [1.54, 1.807) is 0 Å². The monoisotopic (exact) mass is 201 g/mol. The largest absolute Gasteiger partial charge is 0.438 e. The van der Waals surface area contributed by atoms with Gasteiger partial charge >= 0.3 is 6.95 Å². The van der Waals surface area contributed by atoms with Crippen molar-refractivity contribution in [1.82, 2.24) is 5.06 Å². The topological polar surface area (TPSA) is 59.0 Å². The number of morpholine rings is 1. The van der Waals surface area contributed by atoms with Gasteiger partial charge in [0.05, 0.1) is 13.2 Å². The molecule has 1 heterocycles. The first-order valence-electron chi connectivity index (χ1n) is 3.13. The number of hydrogen-bond acceptors (Lipinski definition) is 4. The Kier molecular flexibility index (Phi) is 3.30. The van der Waals surface area contributed by atoms with Crippen LogP contribution in [0.3, 0.4) is 0 Å². The standard InChI is InChI=1S/C4H9ClNO4P/c5-11(7,8)10-6-1-3-9-4-2-6/h1-4H2,(H,7,8). The molecule has 0 radical (unpaired) electrons. The highest BCUT2D eigenvalue weighted by atomic mass is 35.7. The van der Waals surface area contributed by atoms with E-state index >= 15 is 0 Å². The molecule has 0 amide bonds. The molecule has 0 aromatic rings. The Hall–Kier alpha value is 0.360. The van der Waals surface area contributed by atoms with Gasteiger partial charge in [-0.15, -0.1) is 0 Å².